The summed E-state index contributed by atoms with van der Waals surface area (Å²) in [5.41, 5.74) is 6.00. The first-order valence-electron chi connectivity index (χ1n) is 6.02. The fourth-order valence-corrected chi connectivity index (χ4v) is 2.79. The number of hydrogen-bond donors (Lipinski definition) is 2. The summed E-state index contributed by atoms with van der Waals surface area (Å²) in [6.45, 7) is 0.123. The second-order valence-electron chi connectivity index (χ2n) is 4.10. The van der Waals surface area contributed by atoms with E-state index in [2.05, 4.69) is 16.6 Å². The van der Waals surface area contributed by atoms with Gasteiger partial charge in [-0.25, -0.2) is 17.5 Å². The molecule has 1 heterocycles. The minimum Gasteiger partial charge on any atom is -0.472 e. The second kappa shape index (κ2) is 6.54. The summed E-state index contributed by atoms with van der Waals surface area (Å²) in [6.07, 6.45) is 2.88. The highest BCUT2D eigenvalue weighted by atomic mass is 32.2. The molecule has 0 aliphatic rings. The van der Waals surface area contributed by atoms with Gasteiger partial charge in [-0.3, -0.25) is 0 Å². The maximum atomic E-state index is 13.2. The first-order valence-corrected chi connectivity index (χ1v) is 7.50. The zero-order valence-electron chi connectivity index (χ0n) is 11.0. The smallest absolute Gasteiger partial charge is 0.242 e. The Bertz CT molecular complexity index is 774. The van der Waals surface area contributed by atoms with Crippen molar-refractivity contribution in [3.8, 4) is 11.8 Å². The summed E-state index contributed by atoms with van der Waals surface area (Å²) in [5, 5.41) is 0. The van der Waals surface area contributed by atoms with Gasteiger partial charge in [0.25, 0.3) is 0 Å². The molecule has 0 fully saturated rings. The van der Waals surface area contributed by atoms with E-state index in [1.54, 1.807) is 6.07 Å². The lowest BCUT2D eigenvalue weighted by Crippen LogP contribution is -2.24. The zero-order valence-corrected chi connectivity index (χ0v) is 11.8. The van der Waals surface area contributed by atoms with Crippen LogP contribution in [0.25, 0.3) is 0 Å². The number of sulfonamides is 1. The van der Waals surface area contributed by atoms with Crippen LogP contribution in [-0.4, -0.2) is 15.0 Å². The van der Waals surface area contributed by atoms with Crippen LogP contribution in [0.5, 0.6) is 0 Å². The molecule has 21 heavy (non-hydrogen) atoms. The number of benzene rings is 1. The first-order chi connectivity index (χ1) is 10.0. The Morgan fingerprint density at radius 3 is 2.81 bits per heavy atom. The van der Waals surface area contributed by atoms with Crippen LogP contribution in [0.3, 0.4) is 0 Å². The molecule has 0 aliphatic heterocycles. The van der Waals surface area contributed by atoms with E-state index in [0.717, 1.165) is 12.1 Å². The minimum atomic E-state index is -3.82. The molecule has 1 aromatic carbocycles. The Morgan fingerprint density at radius 2 is 2.14 bits per heavy atom. The molecule has 0 bridgehead atoms. The number of rotatable bonds is 4. The van der Waals surface area contributed by atoms with Crippen molar-refractivity contribution >= 4 is 10.0 Å². The summed E-state index contributed by atoms with van der Waals surface area (Å²) in [4.78, 5) is -0.0895. The van der Waals surface area contributed by atoms with E-state index in [1.807, 2.05) is 0 Å². The van der Waals surface area contributed by atoms with Crippen LogP contribution >= 0.6 is 0 Å². The van der Waals surface area contributed by atoms with Crippen LogP contribution in [0.15, 0.2) is 46.1 Å². The van der Waals surface area contributed by atoms with Crippen molar-refractivity contribution in [2.45, 2.75) is 11.4 Å². The lowest BCUT2D eigenvalue weighted by molar-refractivity contribution is 0.561. The molecule has 7 heteroatoms. The quantitative estimate of drug-likeness (QED) is 0.831. The lowest BCUT2D eigenvalue weighted by atomic mass is 10.2. The van der Waals surface area contributed by atoms with E-state index in [4.69, 9.17) is 10.2 Å². The van der Waals surface area contributed by atoms with Gasteiger partial charge < -0.3 is 10.2 Å². The molecule has 5 nitrogen and oxygen atoms in total. The molecule has 2 aromatic rings. The second-order valence-corrected chi connectivity index (χ2v) is 5.84. The summed E-state index contributed by atoms with van der Waals surface area (Å²) < 4.78 is 45.0. The van der Waals surface area contributed by atoms with Crippen LogP contribution in [0.4, 0.5) is 4.39 Å². The van der Waals surface area contributed by atoms with Crippen LogP contribution in [0, 0.1) is 17.7 Å². The summed E-state index contributed by atoms with van der Waals surface area (Å²) in [6, 6.07) is 4.95. The van der Waals surface area contributed by atoms with Gasteiger partial charge in [-0.15, -0.1) is 0 Å². The third-order valence-corrected chi connectivity index (χ3v) is 4.06. The highest BCUT2D eigenvalue weighted by Crippen LogP contribution is 2.16. The van der Waals surface area contributed by atoms with Crippen LogP contribution in [0.2, 0.25) is 0 Å². The van der Waals surface area contributed by atoms with Gasteiger partial charge in [0.1, 0.15) is 5.82 Å². The zero-order chi connectivity index (χ0) is 15.3. The van der Waals surface area contributed by atoms with E-state index >= 15 is 0 Å². The molecule has 0 unspecified atom stereocenters. The van der Waals surface area contributed by atoms with Gasteiger partial charge in [-0.2, -0.15) is 0 Å². The van der Waals surface area contributed by atoms with Crippen molar-refractivity contribution < 1.29 is 17.2 Å². The average Bonchev–Trinajstić information content (AvgIpc) is 2.96. The number of nitrogens with two attached hydrogens (primary N) is 1. The molecular formula is C14H13FN2O3S. The summed E-state index contributed by atoms with van der Waals surface area (Å²) in [5.74, 6) is 4.51. The Morgan fingerprint density at radius 1 is 1.33 bits per heavy atom. The average molecular weight is 308 g/mol. The minimum absolute atomic E-state index is 0.0540. The monoisotopic (exact) mass is 308 g/mol. The van der Waals surface area contributed by atoms with E-state index in [9.17, 15) is 12.8 Å². The van der Waals surface area contributed by atoms with Gasteiger partial charge in [0.05, 0.1) is 24.0 Å². The normalized spacial score (nSPS) is 11.0. The van der Waals surface area contributed by atoms with E-state index in [1.165, 1.54) is 18.6 Å². The Kier molecular flexibility index (Phi) is 4.75. The maximum Gasteiger partial charge on any atom is 0.242 e. The van der Waals surface area contributed by atoms with Gasteiger partial charge in [0.15, 0.2) is 0 Å². The SMILES string of the molecule is NCC#Cc1cc(F)ccc1S(=O)(=O)NCc1ccoc1. The largest absolute Gasteiger partial charge is 0.472 e. The van der Waals surface area contributed by atoms with Crippen LogP contribution in [-0.2, 0) is 16.6 Å². The molecule has 0 spiro atoms. The topological polar surface area (TPSA) is 85.3 Å². The molecule has 0 aliphatic carbocycles. The van der Waals surface area contributed by atoms with E-state index in [-0.39, 0.29) is 23.5 Å². The number of halogens is 1. The fraction of sp³-hybridized carbons (Fsp3) is 0.143. The van der Waals surface area contributed by atoms with Crippen molar-refractivity contribution in [2.75, 3.05) is 6.54 Å². The maximum absolute atomic E-state index is 13.2. The molecule has 3 N–H and O–H groups in total. The number of hydrogen-bond acceptors (Lipinski definition) is 4. The Hall–Kier alpha value is -2.14. The molecule has 110 valence electrons. The van der Waals surface area contributed by atoms with Gasteiger partial charge in [0, 0.05) is 17.7 Å². The lowest BCUT2D eigenvalue weighted by Gasteiger charge is -2.08. The molecule has 0 atom stereocenters. The third-order valence-electron chi connectivity index (χ3n) is 2.60. The van der Waals surface area contributed by atoms with E-state index < -0.39 is 15.8 Å². The summed E-state index contributed by atoms with van der Waals surface area (Å²) >= 11 is 0. The van der Waals surface area contributed by atoms with Crippen molar-refractivity contribution in [1.29, 1.82) is 0 Å². The first kappa shape index (κ1) is 15.3. The van der Waals surface area contributed by atoms with Crippen molar-refractivity contribution in [1.82, 2.24) is 4.72 Å². The number of furan rings is 1. The molecule has 1 aromatic heterocycles. The summed E-state index contributed by atoms with van der Waals surface area (Å²) in [7, 11) is -3.82. The van der Waals surface area contributed by atoms with Gasteiger partial charge in [-0.1, -0.05) is 11.8 Å². The Balaban J connectivity index is 2.30. The molecule has 0 saturated heterocycles. The van der Waals surface area contributed by atoms with Crippen molar-refractivity contribution in [2.24, 2.45) is 5.73 Å². The highest BCUT2D eigenvalue weighted by Gasteiger charge is 2.18. The van der Waals surface area contributed by atoms with Gasteiger partial charge >= 0.3 is 0 Å². The predicted molar refractivity (Wildman–Crippen MR) is 75.1 cm³/mol. The highest BCUT2D eigenvalue weighted by molar-refractivity contribution is 7.89. The van der Waals surface area contributed by atoms with Gasteiger partial charge in [-0.05, 0) is 24.3 Å². The number of nitrogens with one attached hydrogen (secondary N) is 1. The van der Waals surface area contributed by atoms with Crippen molar-refractivity contribution in [3.63, 3.8) is 0 Å². The van der Waals surface area contributed by atoms with Crippen LogP contribution in [0.1, 0.15) is 11.1 Å². The van der Waals surface area contributed by atoms with Crippen LogP contribution < -0.4 is 10.5 Å². The molecule has 0 radical (unpaired) electrons. The van der Waals surface area contributed by atoms with Gasteiger partial charge in [0.2, 0.25) is 10.0 Å². The molecule has 2 rings (SSSR count). The third kappa shape index (κ3) is 3.92. The van der Waals surface area contributed by atoms with E-state index in [0.29, 0.717) is 5.56 Å². The van der Waals surface area contributed by atoms with Crippen molar-refractivity contribution in [3.05, 3.63) is 53.7 Å². The standard InChI is InChI=1S/C14H13FN2O3S/c15-13-3-4-14(12(8-13)2-1-6-16)21(18,19)17-9-11-5-7-20-10-11/h3-5,7-8,10,17H,6,9,16H2. The Labute approximate surface area is 122 Å². The predicted octanol–water partition coefficient (Wildman–Crippen LogP) is 1.21. The fourth-order valence-electron chi connectivity index (χ4n) is 1.63. The molecule has 0 saturated carbocycles. The molecule has 0 amide bonds. The molecular weight excluding hydrogens is 295 g/mol.